The van der Waals surface area contributed by atoms with Crippen molar-refractivity contribution in [3.8, 4) is 11.5 Å². The Morgan fingerprint density at radius 2 is 1.70 bits per heavy atom. The first-order chi connectivity index (χ1) is 9.33. The summed E-state index contributed by atoms with van der Waals surface area (Å²) < 4.78 is 10.3. The molecule has 0 aromatic heterocycles. The van der Waals surface area contributed by atoms with Crippen molar-refractivity contribution in [2.45, 2.75) is 13.8 Å². The smallest absolute Gasteiger partial charge is 0.310 e. The summed E-state index contributed by atoms with van der Waals surface area (Å²) in [5, 5.41) is 11.6. The lowest BCUT2D eigenvalue weighted by molar-refractivity contribution is -0.146. The van der Waals surface area contributed by atoms with Gasteiger partial charge in [-0.15, -0.1) is 0 Å². The number of aliphatic carboxylic acids is 1. The van der Waals surface area contributed by atoms with E-state index in [2.05, 4.69) is 5.32 Å². The number of amides is 1. The van der Waals surface area contributed by atoms with Crippen LogP contribution in [0.15, 0.2) is 18.2 Å². The van der Waals surface area contributed by atoms with Gasteiger partial charge in [0.2, 0.25) is 0 Å². The van der Waals surface area contributed by atoms with Gasteiger partial charge in [0, 0.05) is 6.54 Å². The van der Waals surface area contributed by atoms with Gasteiger partial charge >= 0.3 is 5.97 Å². The van der Waals surface area contributed by atoms with E-state index < -0.39 is 17.3 Å². The molecule has 0 spiro atoms. The molecule has 0 saturated carbocycles. The number of hydrogen-bond acceptors (Lipinski definition) is 4. The van der Waals surface area contributed by atoms with Crippen molar-refractivity contribution >= 4 is 11.9 Å². The number of nitrogens with one attached hydrogen (secondary N) is 1. The summed E-state index contributed by atoms with van der Waals surface area (Å²) >= 11 is 0. The number of carboxylic acids is 1. The van der Waals surface area contributed by atoms with Crippen LogP contribution >= 0.6 is 0 Å². The number of carbonyl (C=O) groups excluding carboxylic acids is 1. The molecular formula is C14H19NO5. The molecule has 1 rings (SSSR count). The van der Waals surface area contributed by atoms with E-state index in [0.717, 1.165) is 0 Å². The topological polar surface area (TPSA) is 84.9 Å². The first-order valence-electron chi connectivity index (χ1n) is 6.06. The van der Waals surface area contributed by atoms with Crippen molar-refractivity contribution in [3.05, 3.63) is 23.8 Å². The van der Waals surface area contributed by atoms with Crippen molar-refractivity contribution in [3.63, 3.8) is 0 Å². The summed E-state index contributed by atoms with van der Waals surface area (Å²) in [6, 6.07) is 4.98. The van der Waals surface area contributed by atoms with Gasteiger partial charge in [0.15, 0.2) is 0 Å². The Labute approximate surface area is 117 Å². The van der Waals surface area contributed by atoms with Gasteiger partial charge in [0.25, 0.3) is 5.91 Å². The van der Waals surface area contributed by atoms with Crippen LogP contribution in [0.2, 0.25) is 0 Å². The van der Waals surface area contributed by atoms with E-state index in [0.29, 0.717) is 11.5 Å². The molecule has 0 aliphatic heterocycles. The number of carbonyl (C=O) groups is 2. The minimum absolute atomic E-state index is 0.00235. The lowest BCUT2D eigenvalue weighted by atomic mass is 9.94. The summed E-state index contributed by atoms with van der Waals surface area (Å²) in [6.45, 7) is 3.08. The number of methoxy groups -OCH3 is 2. The van der Waals surface area contributed by atoms with Crippen LogP contribution in [0.25, 0.3) is 0 Å². The summed E-state index contributed by atoms with van der Waals surface area (Å²) in [4.78, 5) is 23.2. The molecule has 0 aliphatic carbocycles. The lowest BCUT2D eigenvalue weighted by Gasteiger charge is -2.20. The second kappa shape index (κ2) is 6.27. The van der Waals surface area contributed by atoms with Gasteiger partial charge < -0.3 is 19.9 Å². The number of carboxylic acid groups (broad SMARTS) is 1. The number of benzene rings is 1. The molecule has 6 heteroatoms. The van der Waals surface area contributed by atoms with Gasteiger partial charge in [-0.2, -0.15) is 0 Å². The Bertz CT molecular complexity index is 488. The Morgan fingerprint density at radius 3 is 2.10 bits per heavy atom. The normalized spacial score (nSPS) is 10.8. The maximum absolute atomic E-state index is 12.2. The fourth-order valence-electron chi connectivity index (χ4n) is 1.54. The number of hydrogen-bond donors (Lipinski definition) is 2. The zero-order valence-corrected chi connectivity index (χ0v) is 12.0. The fourth-order valence-corrected chi connectivity index (χ4v) is 1.54. The Balaban J connectivity index is 2.95. The monoisotopic (exact) mass is 281 g/mol. The van der Waals surface area contributed by atoms with Crippen molar-refractivity contribution in [1.82, 2.24) is 5.32 Å². The standard InChI is InChI=1S/C14H19NO5/c1-14(2,13(17)18)8-15-12(16)11-9(19-3)6-5-7-10(11)20-4/h5-7H,8H2,1-4H3,(H,15,16)(H,17,18). The van der Waals surface area contributed by atoms with E-state index in [4.69, 9.17) is 14.6 Å². The van der Waals surface area contributed by atoms with E-state index >= 15 is 0 Å². The van der Waals surface area contributed by atoms with Crippen molar-refractivity contribution in [2.24, 2.45) is 5.41 Å². The third-order valence-electron chi connectivity index (χ3n) is 2.92. The van der Waals surface area contributed by atoms with Gasteiger partial charge in [0.1, 0.15) is 17.1 Å². The third kappa shape index (κ3) is 3.40. The molecule has 110 valence electrons. The quantitative estimate of drug-likeness (QED) is 0.826. The lowest BCUT2D eigenvalue weighted by Crippen LogP contribution is -2.39. The molecule has 1 aromatic rings. The van der Waals surface area contributed by atoms with Crippen LogP contribution in [0, 0.1) is 5.41 Å². The van der Waals surface area contributed by atoms with Crippen LogP contribution in [-0.4, -0.2) is 37.7 Å². The van der Waals surface area contributed by atoms with Gasteiger partial charge in [-0.05, 0) is 26.0 Å². The minimum atomic E-state index is -1.05. The van der Waals surface area contributed by atoms with E-state index in [1.54, 1.807) is 18.2 Å². The second-order valence-electron chi connectivity index (χ2n) is 4.91. The highest BCUT2D eigenvalue weighted by Crippen LogP contribution is 2.28. The van der Waals surface area contributed by atoms with Gasteiger partial charge in [-0.25, -0.2) is 0 Å². The molecule has 0 radical (unpaired) electrons. The Morgan fingerprint density at radius 1 is 1.20 bits per heavy atom. The highest BCUT2D eigenvalue weighted by molar-refractivity contribution is 6.00. The molecule has 0 unspecified atom stereocenters. The summed E-state index contributed by atoms with van der Waals surface area (Å²) in [6.07, 6.45) is 0. The molecule has 0 fully saturated rings. The molecule has 0 atom stereocenters. The first-order valence-corrected chi connectivity index (χ1v) is 6.06. The molecule has 0 saturated heterocycles. The summed E-state index contributed by atoms with van der Waals surface area (Å²) in [5.74, 6) is -0.677. The number of ether oxygens (including phenoxy) is 2. The van der Waals surface area contributed by atoms with Gasteiger partial charge in [-0.1, -0.05) is 6.07 Å². The zero-order valence-electron chi connectivity index (χ0n) is 12.0. The van der Waals surface area contributed by atoms with E-state index in [1.807, 2.05) is 0 Å². The van der Waals surface area contributed by atoms with Crippen molar-refractivity contribution in [1.29, 1.82) is 0 Å². The van der Waals surface area contributed by atoms with Crippen LogP contribution in [0.3, 0.4) is 0 Å². The maximum Gasteiger partial charge on any atom is 0.310 e. The SMILES string of the molecule is COc1cccc(OC)c1C(=O)NCC(C)(C)C(=O)O. The molecule has 1 aromatic carbocycles. The first kappa shape index (κ1) is 15.8. The highest BCUT2D eigenvalue weighted by Gasteiger charge is 2.28. The van der Waals surface area contributed by atoms with Crippen molar-refractivity contribution in [2.75, 3.05) is 20.8 Å². The van der Waals surface area contributed by atoms with Gasteiger partial charge in [0.05, 0.1) is 19.6 Å². The van der Waals surface area contributed by atoms with Crippen LogP contribution in [0.5, 0.6) is 11.5 Å². The Kier molecular flexibility index (Phi) is 4.96. The molecule has 2 N–H and O–H groups in total. The predicted octanol–water partition coefficient (Wildman–Crippen LogP) is 1.54. The molecular weight excluding hydrogens is 262 g/mol. The number of rotatable bonds is 6. The second-order valence-corrected chi connectivity index (χ2v) is 4.91. The van der Waals surface area contributed by atoms with E-state index in [1.165, 1.54) is 28.1 Å². The third-order valence-corrected chi connectivity index (χ3v) is 2.92. The highest BCUT2D eigenvalue weighted by atomic mass is 16.5. The van der Waals surface area contributed by atoms with Gasteiger partial charge in [-0.3, -0.25) is 9.59 Å². The molecule has 0 aliphatic rings. The molecule has 6 nitrogen and oxygen atoms in total. The average molecular weight is 281 g/mol. The largest absolute Gasteiger partial charge is 0.496 e. The average Bonchev–Trinajstić information content (AvgIpc) is 2.43. The maximum atomic E-state index is 12.2. The fraction of sp³-hybridized carbons (Fsp3) is 0.429. The predicted molar refractivity (Wildman–Crippen MR) is 73.3 cm³/mol. The summed E-state index contributed by atoms with van der Waals surface area (Å²) in [7, 11) is 2.90. The van der Waals surface area contributed by atoms with Crippen LogP contribution in [0.1, 0.15) is 24.2 Å². The molecule has 1 amide bonds. The van der Waals surface area contributed by atoms with Crippen LogP contribution < -0.4 is 14.8 Å². The summed E-state index contributed by atoms with van der Waals surface area (Å²) in [5.41, 5.74) is -0.802. The van der Waals surface area contributed by atoms with E-state index in [9.17, 15) is 9.59 Å². The molecule has 20 heavy (non-hydrogen) atoms. The minimum Gasteiger partial charge on any atom is -0.496 e. The van der Waals surface area contributed by atoms with E-state index in [-0.39, 0.29) is 12.1 Å². The van der Waals surface area contributed by atoms with Crippen LogP contribution in [-0.2, 0) is 4.79 Å². The van der Waals surface area contributed by atoms with Crippen molar-refractivity contribution < 1.29 is 24.2 Å². The Hall–Kier alpha value is -2.24. The molecule has 0 bridgehead atoms. The molecule has 0 heterocycles. The zero-order chi connectivity index (χ0) is 15.3. The van der Waals surface area contributed by atoms with Crippen LogP contribution in [0.4, 0.5) is 0 Å².